The number of ether oxygens (including phenoxy) is 16. The minimum absolute atomic E-state index is 0.241. The van der Waals surface area contributed by atoms with Gasteiger partial charge >= 0.3 is 0 Å². The number of carboxylic acid groups (broad SMARTS) is 2. The van der Waals surface area contributed by atoms with E-state index >= 15 is 0 Å². The number of carboxylic acids is 2. The molecule has 0 radical (unpaired) electrons. The number of carbonyl (C=O) groups excluding carboxylic acids is 2. The van der Waals surface area contributed by atoms with E-state index in [4.69, 9.17) is 92.5 Å². The highest BCUT2D eigenvalue weighted by molar-refractivity contribution is 7.90. The molecular formula is C37H52N3O48S7-9. The molecule has 25 atom stereocenters. The fraction of sp³-hybridized carbons (Fsp3) is 0.946. The van der Waals surface area contributed by atoms with Gasteiger partial charge in [0.15, 0.2) is 80.6 Å². The van der Waals surface area contributed by atoms with Crippen molar-refractivity contribution in [2.45, 2.75) is 153 Å². The molecule has 0 aromatic carbocycles. The van der Waals surface area contributed by atoms with Crippen LogP contribution in [0.1, 0.15) is 0 Å². The Bertz CT molecular complexity index is 2890. The van der Waals surface area contributed by atoms with Crippen LogP contribution in [-0.2, 0) is 184 Å². The Kier molecular flexibility index (Phi) is 33.9. The third-order valence-electron chi connectivity index (χ3n) is 13.4. The molecule has 51 nitrogen and oxygen atoms in total. The van der Waals surface area contributed by atoms with Crippen LogP contribution in [-0.4, -0.2) is 287 Å². The van der Waals surface area contributed by atoms with Crippen molar-refractivity contribution in [1.29, 1.82) is 0 Å². The summed E-state index contributed by atoms with van der Waals surface area (Å²) in [5, 5.41) is 72.3. The number of aliphatic carboxylic acids is 2. The van der Waals surface area contributed by atoms with Gasteiger partial charge in [-0.3, -0.25) is 44.4 Å². The minimum Gasteiger partial charge on any atom is -0.726 e. The molecular weight excluding hydrogens is 1480 g/mol. The van der Waals surface area contributed by atoms with Gasteiger partial charge in [0.2, 0.25) is 41.6 Å². The Balaban J connectivity index is 1.61. The van der Waals surface area contributed by atoms with Crippen molar-refractivity contribution in [1.82, 2.24) is 0 Å². The molecule has 5 heterocycles. The zero-order valence-electron chi connectivity index (χ0n) is 48.4. The first-order chi connectivity index (χ1) is 44.8. The molecule has 5 fully saturated rings. The number of azide groups is 1. The number of carbonyl (C=O) groups is 2. The number of rotatable bonds is 41. The second-order valence-corrected chi connectivity index (χ2v) is 24.1. The molecule has 0 saturated carbocycles. The van der Waals surface area contributed by atoms with E-state index in [0.29, 0.717) is 0 Å². The zero-order chi connectivity index (χ0) is 70.8. The summed E-state index contributed by atoms with van der Waals surface area (Å²) < 4.78 is 282. The van der Waals surface area contributed by atoms with Crippen molar-refractivity contribution < 1.29 is 221 Å². The highest BCUT2D eigenvalue weighted by Gasteiger charge is 2.60. The van der Waals surface area contributed by atoms with E-state index in [0.717, 1.165) is 49.8 Å². The maximum absolute atomic E-state index is 13.3. The van der Waals surface area contributed by atoms with Crippen LogP contribution >= 0.6 is 37.0 Å². The molecule has 0 aromatic rings. The SMILES string of the molecule is COC1C(OC)[C@H](O[C@H]2O[C@H](COS(=O)(=O)[O-])[C@@H](O[C@@H]3OC(C(=O)[O-])[C@H](O[C@@H]4OC(COS(=O)(=O)[O-])[C@H](OC)[C@H](OC)C4N=[N+]=[N-])[C@H](OC)C3OC)C(OSOO[O-])C2OS(=O)(=O)[O-])[C@H](C(=O)[O-])O[C@@H]1O[C@H]1C(COS(=O)(=O)[O-])O[C@@H](OC)C(OSOO[O-])[C@H]1OSOO[O-]. The molecule has 0 aliphatic carbocycles. The van der Waals surface area contributed by atoms with Crippen LogP contribution in [0.4, 0.5) is 0 Å². The van der Waals surface area contributed by atoms with Crippen LogP contribution in [0.25, 0.3) is 10.4 Å². The van der Waals surface area contributed by atoms with Crippen molar-refractivity contribution >= 4 is 90.5 Å². The molecule has 58 heteroatoms. The Morgan fingerprint density at radius 3 is 1.09 bits per heavy atom. The van der Waals surface area contributed by atoms with E-state index in [9.17, 15) is 93.0 Å². The van der Waals surface area contributed by atoms with Gasteiger partial charge in [-0.2, -0.15) is 0 Å². The molecule has 5 aliphatic rings. The smallest absolute Gasteiger partial charge is 0.218 e. The number of hydrogen-bond donors (Lipinski definition) is 0. The fourth-order valence-electron chi connectivity index (χ4n) is 9.93. The van der Waals surface area contributed by atoms with Gasteiger partial charge in [0.05, 0.1) is 37.9 Å². The second kappa shape index (κ2) is 38.6. The third kappa shape index (κ3) is 23.6. The van der Waals surface area contributed by atoms with Gasteiger partial charge in [0.25, 0.3) is 0 Å². The van der Waals surface area contributed by atoms with Gasteiger partial charge in [-0.05, 0) is 5.53 Å². The van der Waals surface area contributed by atoms with Gasteiger partial charge in [-0.25, -0.2) is 33.7 Å². The molecule has 0 aromatic heterocycles. The summed E-state index contributed by atoms with van der Waals surface area (Å²) in [6.45, 7) is -4.18. The van der Waals surface area contributed by atoms with E-state index in [1.165, 1.54) is 0 Å². The summed E-state index contributed by atoms with van der Waals surface area (Å²) in [4.78, 5) is 29.2. The molecule has 0 spiro atoms. The van der Waals surface area contributed by atoms with Crippen LogP contribution in [0, 0.1) is 0 Å². The summed E-state index contributed by atoms with van der Waals surface area (Å²) >= 11 is -1.14. The normalized spacial score (nSPS) is 36.7. The molecule has 5 aliphatic heterocycles. The largest absolute Gasteiger partial charge is 0.726 e. The first kappa shape index (κ1) is 83.3. The Morgan fingerprint density at radius 1 is 0.411 bits per heavy atom. The minimum atomic E-state index is -6.29. The van der Waals surface area contributed by atoms with Crippen LogP contribution in [0.15, 0.2) is 5.11 Å². The molecule has 95 heavy (non-hydrogen) atoms. The van der Waals surface area contributed by atoms with E-state index < -0.39 is 239 Å². The van der Waals surface area contributed by atoms with E-state index in [1.807, 2.05) is 0 Å². The predicted octanol–water partition coefficient (Wildman–Crippen LogP) is -11.1. The number of hydrogen-bond acceptors (Lipinski definition) is 52. The van der Waals surface area contributed by atoms with Gasteiger partial charge < -0.3 is 130 Å². The standard InChI is InChI=1S/C37H61N3O48S7/c1-60-15-11(8-67-92(48,49)50)70-33(14(39-40-38)18(15)61-2)75-21-19(62-3)27(64-5)36(77-25(21)31(41)42)74-17-13(10-69-94(54,55)56)72-37(30(82-95(57,58)59)24(17)80-90-87-84-46)76-22-20(63-4)28(65-6)35(78-26(22)32(43)44)73-16-12(9-68-93(51,52)53)71-34(66-7)29(81-91-88-85-47)23(16)79-89-86-83-45/h11-30,33-37,45-47H,8-10H2,1-7H3,(H,41,42)(H,43,44)(H,48,49,50)(H,51,52,53)(H,54,55,56)(H,57,58,59)/p-9/t11?,12?,13-,14?,15+,16+,17-,18-,19+,20?,21-,22+,23+,24?,25?,26-,27?,28?,29?,30?,33+,34-,35+,36-,37-/m1/s1. The van der Waals surface area contributed by atoms with E-state index in [1.54, 1.807) is 0 Å². The van der Waals surface area contributed by atoms with Gasteiger partial charge in [-0.15, -0.1) is 13.0 Å². The van der Waals surface area contributed by atoms with Gasteiger partial charge in [-0.1, -0.05) is 5.11 Å². The van der Waals surface area contributed by atoms with Crippen molar-refractivity contribution in [3.8, 4) is 0 Å². The van der Waals surface area contributed by atoms with Crippen LogP contribution in [0.2, 0.25) is 0 Å². The average molecular weight is 1530 g/mol. The van der Waals surface area contributed by atoms with Crippen LogP contribution < -0.4 is 26.0 Å². The highest BCUT2D eigenvalue weighted by atomic mass is 32.3. The maximum Gasteiger partial charge on any atom is 0.218 e. The lowest BCUT2D eigenvalue weighted by Crippen LogP contribution is -2.70. The summed E-state index contributed by atoms with van der Waals surface area (Å²) in [6.07, 6.45) is -53.2. The summed E-state index contributed by atoms with van der Waals surface area (Å²) in [7, 11) is -16.9. The zero-order valence-corrected chi connectivity index (χ0v) is 54.1. The molecule has 554 valence electrons. The van der Waals surface area contributed by atoms with Gasteiger partial charge in [0, 0.05) is 54.7 Å². The first-order valence-corrected chi connectivity index (χ1v) is 32.5. The predicted molar refractivity (Wildman–Crippen MR) is 263 cm³/mol. The van der Waals surface area contributed by atoms with E-state index in [-0.39, 0.29) is 24.6 Å². The lowest BCUT2D eigenvalue weighted by molar-refractivity contribution is -0.778. The van der Waals surface area contributed by atoms with Crippen molar-refractivity contribution in [3.05, 3.63) is 10.4 Å². The molecule has 5 rings (SSSR count). The Hall–Kier alpha value is -2.34. The van der Waals surface area contributed by atoms with Crippen LogP contribution in [0.3, 0.4) is 0 Å². The number of nitrogens with zero attached hydrogens (tertiary/aromatic N) is 3. The second-order valence-electron chi connectivity index (χ2n) is 18.5. The van der Waals surface area contributed by atoms with Crippen molar-refractivity contribution in [3.63, 3.8) is 0 Å². The lowest BCUT2D eigenvalue weighted by Gasteiger charge is -2.52. The molecule has 0 bridgehead atoms. The summed E-state index contributed by atoms with van der Waals surface area (Å²) in [5.74, 6) is -4.63. The monoisotopic (exact) mass is 1530 g/mol. The fourth-order valence-corrected chi connectivity index (χ4v) is 12.4. The Labute approximate surface area is 547 Å². The molecule has 5 saturated heterocycles. The quantitative estimate of drug-likeness (QED) is 0.00631. The van der Waals surface area contributed by atoms with Crippen molar-refractivity contribution in [2.24, 2.45) is 5.11 Å². The Morgan fingerprint density at radius 2 is 0.747 bits per heavy atom. The topological polar surface area (TPSA) is 695 Å². The lowest BCUT2D eigenvalue weighted by atomic mass is 9.94. The third-order valence-corrected chi connectivity index (χ3v) is 16.4. The van der Waals surface area contributed by atoms with Crippen molar-refractivity contribution in [2.75, 3.05) is 69.6 Å². The molecule has 0 amide bonds. The average Bonchev–Trinajstić information content (AvgIpc) is 0.765. The van der Waals surface area contributed by atoms with Crippen LogP contribution in [0.5, 0.6) is 0 Å². The first-order valence-electron chi connectivity index (χ1n) is 25.2. The van der Waals surface area contributed by atoms with Gasteiger partial charge in [0.1, 0.15) is 104 Å². The maximum atomic E-state index is 13.3. The molecule has 0 N–H and O–H groups in total. The summed E-state index contributed by atoms with van der Waals surface area (Å²) in [5.41, 5.74) is 9.55. The van der Waals surface area contributed by atoms with E-state index in [2.05, 4.69) is 50.7 Å². The number of methoxy groups -OCH3 is 7. The highest BCUT2D eigenvalue weighted by Crippen LogP contribution is 2.42. The molecule has 10 unspecified atom stereocenters. The summed E-state index contributed by atoms with van der Waals surface area (Å²) in [6, 6.07) is -1.74.